The van der Waals surface area contributed by atoms with Gasteiger partial charge < -0.3 is 0 Å². The van der Waals surface area contributed by atoms with Crippen LogP contribution >= 0.6 is 34.4 Å². The highest BCUT2D eigenvalue weighted by Crippen LogP contribution is 2.21. The second-order valence-corrected chi connectivity index (χ2v) is 6.53. The number of amidine groups is 1. The normalized spacial score (nSPS) is 26.7. The van der Waals surface area contributed by atoms with E-state index in [1.54, 1.807) is 11.8 Å². The maximum Gasteiger partial charge on any atom is 0.177 e. The summed E-state index contributed by atoms with van der Waals surface area (Å²) in [7, 11) is 4.13. The van der Waals surface area contributed by atoms with Gasteiger partial charge in [0.25, 0.3) is 0 Å². The molecule has 1 atom stereocenters. The molecular weight excluding hydrogens is 359 g/mol. The highest BCUT2D eigenvalue weighted by atomic mass is 127. The molecular formula is C12H17IN4S. The average Bonchev–Trinajstić information content (AvgIpc) is 2.85. The smallest absolute Gasteiger partial charge is 0.177 e. The molecule has 1 unspecified atom stereocenters. The summed E-state index contributed by atoms with van der Waals surface area (Å²) in [5, 5.41) is 5.88. The van der Waals surface area contributed by atoms with Crippen LogP contribution in [0.2, 0.25) is 0 Å². The van der Waals surface area contributed by atoms with E-state index in [-0.39, 0.29) is 0 Å². The number of likely N-dealkylation sites (N-methyl/N-ethyl adjacent to an activating group) is 1. The molecule has 1 N–H and O–H groups in total. The number of aliphatic imine (C=N–C) groups is 1. The van der Waals surface area contributed by atoms with Gasteiger partial charge in [-0.25, -0.2) is 0 Å². The molecule has 0 amide bonds. The van der Waals surface area contributed by atoms with Gasteiger partial charge >= 0.3 is 0 Å². The van der Waals surface area contributed by atoms with Crippen LogP contribution < -0.4 is 5.43 Å². The Labute approximate surface area is 126 Å². The van der Waals surface area contributed by atoms with Gasteiger partial charge in [0.1, 0.15) is 0 Å². The number of hydrogen-bond donors (Lipinski definition) is 1. The fraction of sp³-hybridized carbons (Fsp3) is 0.500. The van der Waals surface area contributed by atoms with E-state index in [0.717, 1.165) is 21.9 Å². The Kier molecular flexibility index (Phi) is 5.25. The quantitative estimate of drug-likeness (QED) is 0.465. The van der Waals surface area contributed by atoms with Crippen molar-refractivity contribution in [1.29, 1.82) is 0 Å². The first-order chi connectivity index (χ1) is 8.69. The third kappa shape index (κ3) is 3.83. The van der Waals surface area contributed by atoms with Gasteiger partial charge in [0.15, 0.2) is 5.17 Å². The largest absolute Gasteiger partial charge is 0.300 e. The summed E-state index contributed by atoms with van der Waals surface area (Å²) in [6.45, 7) is 0.898. The number of hydrogen-bond acceptors (Lipinski definition) is 5. The fourth-order valence-corrected chi connectivity index (χ4v) is 3.20. The zero-order valence-corrected chi connectivity index (χ0v) is 13.5. The Balaban J connectivity index is 1.85. The van der Waals surface area contributed by atoms with Crippen molar-refractivity contribution in [3.63, 3.8) is 0 Å². The number of halogens is 1. The van der Waals surface area contributed by atoms with Crippen molar-refractivity contribution in [2.45, 2.75) is 11.3 Å². The Morgan fingerprint density at radius 2 is 2.22 bits per heavy atom. The molecule has 2 rings (SSSR count). The predicted octanol–water partition coefficient (Wildman–Crippen LogP) is 1.89. The first kappa shape index (κ1) is 14.1. The van der Waals surface area contributed by atoms with E-state index in [9.17, 15) is 0 Å². The van der Waals surface area contributed by atoms with Crippen LogP contribution in [-0.2, 0) is 0 Å². The third-order valence-corrected chi connectivity index (χ3v) is 5.45. The zero-order valence-electron chi connectivity index (χ0n) is 10.5. The molecule has 6 heteroatoms. The number of alkyl halides is 1. The van der Waals surface area contributed by atoms with E-state index in [1.807, 2.05) is 12.2 Å². The van der Waals surface area contributed by atoms with Crippen molar-refractivity contribution in [3.05, 3.63) is 24.3 Å². The minimum Gasteiger partial charge on any atom is -0.300 e. The van der Waals surface area contributed by atoms with Crippen LogP contribution in [0.15, 0.2) is 34.4 Å². The summed E-state index contributed by atoms with van der Waals surface area (Å²) in [4.78, 5) is 6.57. The number of rotatable bonds is 3. The average molecular weight is 376 g/mol. The molecule has 4 nitrogen and oxygen atoms in total. The van der Waals surface area contributed by atoms with Gasteiger partial charge in [-0.15, -0.1) is 0 Å². The van der Waals surface area contributed by atoms with Crippen LogP contribution in [0.3, 0.4) is 0 Å². The molecule has 1 aliphatic heterocycles. The third-order valence-electron chi connectivity index (χ3n) is 2.69. The van der Waals surface area contributed by atoms with Crippen molar-refractivity contribution in [3.8, 4) is 0 Å². The maximum atomic E-state index is 4.42. The van der Waals surface area contributed by atoms with Gasteiger partial charge in [-0.2, -0.15) is 5.10 Å². The Morgan fingerprint density at radius 3 is 2.78 bits per heavy atom. The van der Waals surface area contributed by atoms with E-state index in [4.69, 9.17) is 0 Å². The lowest BCUT2D eigenvalue weighted by Crippen LogP contribution is -2.26. The highest BCUT2D eigenvalue weighted by molar-refractivity contribution is 14.1. The summed E-state index contributed by atoms with van der Waals surface area (Å²) < 4.78 is 1.12. The summed E-state index contributed by atoms with van der Waals surface area (Å²) in [6.07, 6.45) is 8.34. The Hall–Kier alpha value is -0.340. The van der Waals surface area contributed by atoms with Crippen LogP contribution in [-0.4, -0.2) is 52.1 Å². The SMILES string of the molecule is CN(C)C1C=CC(=NNC2=NCC(CI)S2)C=C1. The molecule has 0 spiro atoms. The lowest BCUT2D eigenvalue weighted by atomic mass is 10.1. The van der Waals surface area contributed by atoms with Crippen molar-refractivity contribution < 1.29 is 0 Å². The second kappa shape index (κ2) is 6.72. The van der Waals surface area contributed by atoms with Gasteiger partial charge in [0, 0.05) is 15.7 Å². The van der Waals surface area contributed by atoms with Crippen molar-refractivity contribution in [2.24, 2.45) is 10.1 Å². The Morgan fingerprint density at radius 1 is 1.50 bits per heavy atom. The van der Waals surface area contributed by atoms with Gasteiger partial charge in [-0.05, 0) is 26.2 Å². The number of thioether (sulfide) groups is 1. The molecule has 0 saturated carbocycles. The van der Waals surface area contributed by atoms with E-state index in [0.29, 0.717) is 11.3 Å². The Bertz CT molecular complexity index is 398. The molecule has 98 valence electrons. The second-order valence-electron chi connectivity index (χ2n) is 4.36. The van der Waals surface area contributed by atoms with Gasteiger partial charge in [-0.1, -0.05) is 46.5 Å². The lowest BCUT2D eigenvalue weighted by molar-refractivity contribution is 0.391. The molecule has 0 aromatic rings. The number of nitrogens with one attached hydrogen (secondary N) is 1. The highest BCUT2D eigenvalue weighted by Gasteiger charge is 2.17. The van der Waals surface area contributed by atoms with Crippen LogP contribution in [0, 0.1) is 0 Å². The van der Waals surface area contributed by atoms with Gasteiger partial charge in [-0.3, -0.25) is 15.3 Å². The van der Waals surface area contributed by atoms with Crippen LogP contribution in [0.25, 0.3) is 0 Å². The first-order valence-corrected chi connectivity index (χ1v) is 8.23. The summed E-state index contributed by atoms with van der Waals surface area (Å²) in [6, 6.07) is 0.366. The van der Waals surface area contributed by atoms with E-state index in [2.05, 4.69) is 69.3 Å². The van der Waals surface area contributed by atoms with E-state index in [1.165, 1.54) is 0 Å². The molecule has 0 saturated heterocycles. The lowest BCUT2D eigenvalue weighted by Gasteiger charge is -2.19. The molecule has 0 aromatic heterocycles. The van der Waals surface area contributed by atoms with Crippen LogP contribution in [0.4, 0.5) is 0 Å². The molecule has 2 aliphatic rings. The standard InChI is InChI=1S/C12H17IN4S/c1-17(2)10-5-3-9(4-6-10)15-16-12-14-8-11(7-13)18-12/h3-6,10-11H,7-8H2,1-2H3,(H,14,16). The minimum absolute atomic E-state index is 0.366. The summed E-state index contributed by atoms with van der Waals surface area (Å²) >= 11 is 4.17. The minimum atomic E-state index is 0.366. The van der Waals surface area contributed by atoms with Crippen LogP contribution in [0.1, 0.15) is 0 Å². The van der Waals surface area contributed by atoms with Crippen molar-refractivity contribution >= 4 is 45.2 Å². The van der Waals surface area contributed by atoms with Crippen molar-refractivity contribution in [2.75, 3.05) is 25.1 Å². The molecule has 18 heavy (non-hydrogen) atoms. The van der Waals surface area contributed by atoms with Crippen molar-refractivity contribution in [1.82, 2.24) is 10.3 Å². The molecule has 0 radical (unpaired) electrons. The predicted molar refractivity (Wildman–Crippen MR) is 88.9 cm³/mol. The molecule has 1 aliphatic carbocycles. The maximum absolute atomic E-state index is 4.42. The molecule has 0 aromatic carbocycles. The fourth-order valence-electron chi connectivity index (χ4n) is 1.60. The number of nitrogens with zero attached hydrogens (tertiary/aromatic N) is 3. The summed E-state index contributed by atoms with van der Waals surface area (Å²) in [5.41, 5.74) is 3.98. The number of hydrazone groups is 1. The van der Waals surface area contributed by atoms with Gasteiger partial charge in [0.2, 0.25) is 0 Å². The molecule has 1 heterocycles. The zero-order chi connectivity index (χ0) is 13.0. The monoisotopic (exact) mass is 376 g/mol. The van der Waals surface area contributed by atoms with Gasteiger partial charge in [0.05, 0.1) is 12.3 Å². The molecule has 0 bridgehead atoms. The first-order valence-electron chi connectivity index (χ1n) is 5.82. The van der Waals surface area contributed by atoms with Crippen LogP contribution in [0.5, 0.6) is 0 Å². The molecule has 0 fully saturated rings. The topological polar surface area (TPSA) is 40.0 Å². The number of allylic oxidation sites excluding steroid dienone is 2. The van der Waals surface area contributed by atoms with E-state index >= 15 is 0 Å². The summed E-state index contributed by atoms with van der Waals surface area (Å²) in [5.74, 6) is 0. The van der Waals surface area contributed by atoms with E-state index < -0.39 is 0 Å².